The molecular weight excluding hydrogens is 450 g/mol. The van der Waals surface area contributed by atoms with Crippen molar-refractivity contribution in [2.24, 2.45) is 5.92 Å². The van der Waals surface area contributed by atoms with Crippen molar-refractivity contribution >= 4 is 32.2 Å². The summed E-state index contributed by atoms with van der Waals surface area (Å²) < 4.78 is 29.4. The van der Waals surface area contributed by atoms with Crippen LogP contribution in [0.25, 0.3) is 10.8 Å². The highest BCUT2D eigenvalue weighted by atomic mass is 32.2. The lowest BCUT2D eigenvalue weighted by atomic mass is 9.99. The second-order valence-electron chi connectivity index (χ2n) is 9.22. The zero-order valence-corrected chi connectivity index (χ0v) is 20.4. The molecule has 8 heteroatoms. The largest absolute Gasteiger partial charge is 0.303 e. The van der Waals surface area contributed by atoms with E-state index in [1.54, 1.807) is 0 Å². The van der Waals surface area contributed by atoms with Gasteiger partial charge in [-0.2, -0.15) is 0 Å². The van der Waals surface area contributed by atoms with E-state index in [1.165, 1.54) is 22.5 Å². The van der Waals surface area contributed by atoms with E-state index in [0.29, 0.717) is 12.1 Å². The third kappa shape index (κ3) is 5.08. The number of benzene rings is 3. The Bertz CT molecular complexity index is 1260. The van der Waals surface area contributed by atoms with E-state index < -0.39 is 14.9 Å². The van der Waals surface area contributed by atoms with Crippen molar-refractivity contribution in [3.8, 4) is 0 Å². The van der Waals surface area contributed by atoms with Crippen LogP contribution in [-0.4, -0.2) is 43.9 Å². The summed E-state index contributed by atoms with van der Waals surface area (Å²) in [6.07, 6.45) is 2.98. The molecule has 7 nitrogen and oxygen atoms in total. The monoisotopic (exact) mass is 481 g/mol. The third-order valence-electron chi connectivity index (χ3n) is 6.73. The van der Waals surface area contributed by atoms with E-state index in [4.69, 9.17) is 0 Å². The van der Waals surface area contributed by atoms with Crippen LogP contribution in [-0.2, 0) is 10.0 Å². The maximum atomic E-state index is 14.0. The number of nitro benzene ring substituents is 1. The molecule has 0 aliphatic carbocycles. The van der Waals surface area contributed by atoms with Crippen molar-refractivity contribution in [1.82, 2.24) is 4.90 Å². The topological polar surface area (TPSA) is 83.8 Å². The lowest BCUT2D eigenvalue weighted by Crippen LogP contribution is -2.42. The molecule has 34 heavy (non-hydrogen) atoms. The molecule has 1 saturated heterocycles. The Balaban J connectivity index is 1.73. The maximum Gasteiger partial charge on any atom is 0.270 e. The number of nitro groups is 1. The van der Waals surface area contributed by atoms with Crippen LogP contribution in [0.5, 0.6) is 0 Å². The average Bonchev–Trinajstić information content (AvgIpc) is 2.84. The first kappa shape index (κ1) is 24.2. The average molecular weight is 482 g/mol. The molecule has 0 spiro atoms. The van der Waals surface area contributed by atoms with Gasteiger partial charge in [0.1, 0.15) is 0 Å². The Morgan fingerprint density at radius 3 is 2.47 bits per heavy atom. The molecule has 0 N–H and O–H groups in total. The molecule has 0 saturated carbocycles. The highest BCUT2D eigenvalue weighted by molar-refractivity contribution is 7.92. The van der Waals surface area contributed by atoms with Crippen molar-refractivity contribution in [3.05, 3.63) is 76.8 Å². The second-order valence-corrected chi connectivity index (χ2v) is 11.0. The molecule has 0 aromatic heterocycles. The minimum Gasteiger partial charge on any atom is -0.303 e. The predicted octanol–water partition coefficient (Wildman–Crippen LogP) is 5.45. The molecule has 4 rings (SSSR count). The van der Waals surface area contributed by atoms with Crippen LogP contribution in [0.3, 0.4) is 0 Å². The fourth-order valence-electron chi connectivity index (χ4n) is 4.65. The van der Waals surface area contributed by atoms with Crippen molar-refractivity contribution in [2.45, 2.75) is 44.0 Å². The molecule has 0 bridgehead atoms. The van der Waals surface area contributed by atoms with Crippen LogP contribution in [0, 0.1) is 16.0 Å². The third-order valence-corrected chi connectivity index (χ3v) is 8.65. The fraction of sp³-hybridized carbons (Fsp3) is 0.385. The number of piperidine rings is 1. The normalized spacial score (nSPS) is 16.4. The number of nitrogens with zero attached hydrogens (tertiary/aromatic N) is 3. The minimum absolute atomic E-state index is 0.0757. The standard InChI is InChI=1S/C26H31N3O4S/c1-20-13-16-27(17-14-20)18-15-21(2)28(26-12-5-8-22-7-3-4-11-25(22)26)34(32,33)24-10-6-9-23(19-24)29(30)31/h3-12,19-21H,13-18H2,1-2H3. The number of rotatable bonds is 8. The number of non-ortho nitro benzene ring substituents is 1. The van der Waals surface area contributed by atoms with Crippen molar-refractivity contribution in [2.75, 3.05) is 23.9 Å². The smallest absolute Gasteiger partial charge is 0.270 e. The molecule has 1 unspecified atom stereocenters. The summed E-state index contributed by atoms with van der Waals surface area (Å²) in [5.74, 6) is 0.732. The molecule has 1 atom stereocenters. The molecule has 3 aromatic carbocycles. The highest BCUT2D eigenvalue weighted by Crippen LogP contribution is 2.34. The van der Waals surface area contributed by atoms with Gasteiger partial charge < -0.3 is 4.90 Å². The molecule has 1 fully saturated rings. The first-order chi connectivity index (χ1) is 16.3. The number of sulfonamides is 1. The zero-order valence-electron chi connectivity index (χ0n) is 19.6. The summed E-state index contributed by atoms with van der Waals surface area (Å²) in [4.78, 5) is 13.1. The van der Waals surface area contributed by atoms with E-state index >= 15 is 0 Å². The number of anilines is 1. The lowest BCUT2D eigenvalue weighted by molar-refractivity contribution is -0.385. The van der Waals surface area contributed by atoms with Crippen LogP contribution in [0.15, 0.2) is 71.6 Å². The molecule has 1 heterocycles. The number of hydrogen-bond donors (Lipinski definition) is 0. The van der Waals surface area contributed by atoms with Crippen LogP contribution in [0.4, 0.5) is 11.4 Å². The van der Waals surface area contributed by atoms with Gasteiger partial charge in [0.25, 0.3) is 15.7 Å². The summed E-state index contributed by atoms with van der Waals surface area (Å²) in [5, 5.41) is 13.1. The molecule has 0 amide bonds. The van der Waals surface area contributed by atoms with Crippen molar-refractivity contribution in [1.29, 1.82) is 0 Å². The molecule has 1 aliphatic rings. The quantitative estimate of drug-likeness (QED) is 0.315. The molecule has 3 aromatic rings. The fourth-order valence-corrected chi connectivity index (χ4v) is 6.39. The Labute approximate surface area is 201 Å². The Morgan fingerprint density at radius 2 is 1.74 bits per heavy atom. The maximum absolute atomic E-state index is 14.0. The van der Waals surface area contributed by atoms with Gasteiger partial charge in [-0.05, 0) is 62.7 Å². The summed E-state index contributed by atoms with van der Waals surface area (Å²) in [5.41, 5.74) is 0.346. The van der Waals surface area contributed by atoms with Gasteiger partial charge >= 0.3 is 0 Å². The number of fused-ring (bicyclic) bond motifs is 1. The lowest BCUT2D eigenvalue weighted by Gasteiger charge is -2.35. The van der Waals surface area contributed by atoms with Gasteiger partial charge in [0.2, 0.25) is 0 Å². The Hall–Kier alpha value is -2.97. The van der Waals surface area contributed by atoms with Gasteiger partial charge in [0, 0.05) is 30.1 Å². The zero-order chi connectivity index (χ0) is 24.3. The second kappa shape index (κ2) is 10.1. The van der Waals surface area contributed by atoms with E-state index in [9.17, 15) is 18.5 Å². The summed E-state index contributed by atoms with van der Waals surface area (Å²) in [6.45, 7) is 7.05. The molecule has 180 valence electrons. The first-order valence-corrected chi connectivity index (χ1v) is 13.2. The van der Waals surface area contributed by atoms with Gasteiger partial charge in [-0.1, -0.05) is 49.4 Å². The first-order valence-electron chi connectivity index (χ1n) is 11.8. The van der Waals surface area contributed by atoms with Gasteiger partial charge in [-0.25, -0.2) is 8.42 Å². The highest BCUT2D eigenvalue weighted by Gasteiger charge is 2.32. The van der Waals surface area contributed by atoms with E-state index in [0.717, 1.165) is 55.2 Å². The van der Waals surface area contributed by atoms with Gasteiger partial charge in [0.15, 0.2) is 0 Å². The number of likely N-dealkylation sites (tertiary alicyclic amines) is 1. The summed E-state index contributed by atoms with van der Waals surface area (Å²) >= 11 is 0. The van der Waals surface area contributed by atoms with Crippen LogP contribution < -0.4 is 4.31 Å². The Morgan fingerprint density at radius 1 is 1.06 bits per heavy atom. The molecule has 0 radical (unpaired) electrons. The van der Waals surface area contributed by atoms with E-state index in [2.05, 4.69) is 11.8 Å². The van der Waals surface area contributed by atoms with Crippen molar-refractivity contribution in [3.63, 3.8) is 0 Å². The van der Waals surface area contributed by atoms with Gasteiger partial charge in [-0.3, -0.25) is 14.4 Å². The van der Waals surface area contributed by atoms with Crippen molar-refractivity contribution < 1.29 is 13.3 Å². The van der Waals surface area contributed by atoms with E-state index in [1.807, 2.05) is 49.4 Å². The van der Waals surface area contributed by atoms with Gasteiger partial charge in [0.05, 0.1) is 15.5 Å². The predicted molar refractivity (Wildman–Crippen MR) is 136 cm³/mol. The minimum atomic E-state index is -4.05. The molecule has 1 aliphatic heterocycles. The summed E-state index contributed by atoms with van der Waals surface area (Å²) in [6, 6.07) is 18.3. The van der Waals surface area contributed by atoms with Crippen LogP contribution in [0.1, 0.15) is 33.1 Å². The SMILES string of the molecule is CC1CCN(CCC(C)N(c2cccc3ccccc23)S(=O)(=O)c2cccc([N+](=O)[O-])c2)CC1. The Kier molecular flexibility index (Phi) is 7.19. The van der Waals surface area contributed by atoms with Crippen LogP contribution in [0.2, 0.25) is 0 Å². The molecular formula is C26H31N3O4S. The summed E-state index contributed by atoms with van der Waals surface area (Å²) in [7, 11) is -4.05. The number of hydrogen-bond acceptors (Lipinski definition) is 5. The van der Waals surface area contributed by atoms with Gasteiger partial charge in [-0.15, -0.1) is 0 Å². The van der Waals surface area contributed by atoms with E-state index in [-0.39, 0.29) is 16.6 Å². The van der Waals surface area contributed by atoms with Crippen LogP contribution >= 0.6 is 0 Å².